The van der Waals surface area contributed by atoms with Gasteiger partial charge in [-0.3, -0.25) is 0 Å². The fraction of sp³-hybridized carbons (Fsp3) is 0.308. The van der Waals surface area contributed by atoms with Crippen molar-refractivity contribution in [2.75, 3.05) is 0 Å². The Hall–Kier alpha value is -0.910. The van der Waals surface area contributed by atoms with Crippen LogP contribution < -0.4 is 3.53 Å². The molecule has 0 radical (unpaired) electrons. The van der Waals surface area contributed by atoms with Gasteiger partial charge < -0.3 is 8.94 Å². The zero-order valence-corrected chi connectivity index (χ0v) is 12.1. The van der Waals surface area contributed by atoms with E-state index in [0.29, 0.717) is 11.6 Å². The predicted octanol–water partition coefficient (Wildman–Crippen LogP) is 4.06. The summed E-state index contributed by atoms with van der Waals surface area (Å²) in [6.45, 7) is 4.21. The molecule has 0 saturated heterocycles. The molecular weight excluding hydrogens is 330 g/mol. The van der Waals surface area contributed by atoms with E-state index in [2.05, 4.69) is 40.2 Å². The summed E-state index contributed by atoms with van der Waals surface area (Å²) in [5.41, 5.74) is 2.13. The third kappa shape index (κ3) is 4.11. The first-order valence-corrected chi connectivity index (χ1v) is 6.59. The Labute approximate surface area is 115 Å². The summed E-state index contributed by atoms with van der Waals surface area (Å²) < 4.78 is 15.8. The molecule has 0 amide bonds. The van der Waals surface area contributed by atoms with Crippen molar-refractivity contribution in [1.82, 2.24) is 3.53 Å². The fourth-order valence-corrected chi connectivity index (χ4v) is 2.04. The summed E-state index contributed by atoms with van der Waals surface area (Å²) in [7, 11) is 0. The average molecular weight is 346 g/mol. The summed E-state index contributed by atoms with van der Waals surface area (Å²) in [5.74, 6) is 0.104. The summed E-state index contributed by atoms with van der Waals surface area (Å²) in [6, 6.07) is 5.99. The number of halogens is 2. The van der Waals surface area contributed by atoms with E-state index in [1.807, 2.05) is 0 Å². The van der Waals surface area contributed by atoms with Crippen molar-refractivity contribution in [2.45, 2.75) is 20.3 Å². The molecule has 92 valence electrons. The smallest absolute Gasteiger partial charge is 0.123 e. The molecule has 1 rings (SSSR count). The lowest BCUT2D eigenvalue weighted by Crippen LogP contribution is -2.11. The first kappa shape index (κ1) is 14.2. The van der Waals surface area contributed by atoms with Crippen LogP contribution in [0.15, 0.2) is 36.0 Å². The molecule has 2 N–H and O–H groups in total. The quantitative estimate of drug-likeness (QED) is 0.471. The number of hydrogen-bond acceptors (Lipinski definition) is 2. The second-order valence-electron chi connectivity index (χ2n) is 3.92. The average Bonchev–Trinajstić information content (AvgIpc) is 2.35. The van der Waals surface area contributed by atoms with Crippen LogP contribution in [0.2, 0.25) is 0 Å². The van der Waals surface area contributed by atoms with E-state index in [1.54, 1.807) is 18.2 Å². The third-order valence-electron chi connectivity index (χ3n) is 2.71. The van der Waals surface area contributed by atoms with Gasteiger partial charge in [-0.1, -0.05) is 13.8 Å². The monoisotopic (exact) mass is 346 g/mol. The zero-order chi connectivity index (χ0) is 12.8. The molecule has 0 bridgehead atoms. The molecule has 0 aliphatic rings. The second-order valence-corrected chi connectivity index (χ2v) is 4.46. The van der Waals surface area contributed by atoms with Crippen LogP contribution in [0.5, 0.6) is 0 Å². The number of benzene rings is 1. The molecule has 0 fully saturated rings. The largest absolute Gasteiger partial charge is 0.332 e. The maximum absolute atomic E-state index is 12.8. The molecule has 0 aliphatic heterocycles. The highest BCUT2D eigenvalue weighted by Gasteiger charge is 2.07. The SMILES string of the molecule is CCC(C)/C(=C/C(=N)c1ccc(F)cc1)NI. The summed E-state index contributed by atoms with van der Waals surface area (Å²) in [6.07, 6.45) is 2.81. The highest BCUT2D eigenvalue weighted by atomic mass is 127. The van der Waals surface area contributed by atoms with E-state index in [1.165, 1.54) is 12.1 Å². The second kappa shape index (κ2) is 6.74. The Morgan fingerprint density at radius 3 is 2.53 bits per heavy atom. The van der Waals surface area contributed by atoms with Crippen LogP contribution in [0.4, 0.5) is 4.39 Å². The molecule has 17 heavy (non-hydrogen) atoms. The standard InChI is InChI=1S/C13H16FIN2/c1-3-9(2)13(17-15)8-12(16)10-4-6-11(14)7-5-10/h4-9,16-17H,3H2,1-2H3/b13-8-,16-12?. The van der Waals surface area contributed by atoms with Crippen molar-refractivity contribution >= 4 is 28.6 Å². The summed E-state index contributed by atoms with van der Waals surface area (Å²) in [5, 5.41) is 7.96. The van der Waals surface area contributed by atoms with Crippen LogP contribution in [0, 0.1) is 17.1 Å². The molecule has 0 heterocycles. The molecule has 1 atom stereocenters. The first-order chi connectivity index (χ1) is 8.08. The van der Waals surface area contributed by atoms with E-state index < -0.39 is 0 Å². The molecule has 0 saturated carbocycles. The number of hydrogen-bond donors (Lipinski definition) is 2. The van der Waals surface area contributed by atoms with Crippen molar-refractivity contribution in [1.29, 1.82) is 5.41 Å². The van der Waals surface area contributed by atoms with E-state index >= 15 is 0 Å². The highest BCUT2D eigenvalue weighted by molar-refractivity contribution is 14.1. The third-order valence-corrected chi connectivity index (χ3v) is 3.33. The molecular formula is C13H16FIN2. The highest BCUT2D eigenvalue weighted by Crippen LogP contribution is 2.14. The zero-order valence-electron chi connectivity index (χ0n) is 9.93. The van der Waals surface area contributed by atoms with Crippen LogP contribution >= 0.6 is 22.9 Å². The molecule has 2 nitrogen and oxygen atoms in total. The molecule has 0 spiro atoms. The van der Waals surface area contributed by atoms with Gasteiger partial charge in [0.25, 0.3) is 0 Å². The Morgan fingerprint density at radius 1 is 1.47 bits per heavy atom. The Kier molecular flexibility index (Phi) is 5.61. The van der Waals surface area contributed by atoms with Crippen molar-refractivity contribution in [3.8, 4) is 0 Å². The van der Waals surface area contributed by atoms with Crippen LogP contribution in [-0.2, 0) is 0 Å². The summed E-state index contributed by atoms with van der Waals surface area (Å²) >= 11 is 2.07. The van der Waals surface area contributed by atoms with Gasteiger partial charge in [-0.25, -0.2) is 4.39 Å². The van der Waals surface area contributed by atoms with Crippen LogP contribution in [0.25, 0.3) is 0 Å². The normalized spacial score (nSPS) is 13.3. The van der Waals surface area contributed by atoms with Crippen molar-refractivity contribution in [2.24, 2.45) is 5.92 Å². The Balaban J connectivity index is 2.89. The lowest BCUT2D eigenvalue weighted by Gasteiger charge is -2.12. The predicted molar refractivity (Wildman–Crippen MR) is 77.9 cm³/mol. The molecule has 0 aliphatic carbocycles. The van der Waals surface area contributed by atoms with Crippen LogP contribution in [0.1, 0.15) is 25.8 Å². The minimum Gasteiger partial charge on any atom is -0.332 e. The maximum Gasteiger partial charge on any atom is 0.123 e. The number of nitrogens with one attached hydrogen (secondary N) is 2. The van der Waals surface area contributed by atoms with Crippen molar-refractivity contribution in [3.05, 3.63) is 47.4 Å². The van der Waals surface area contributed by atoms with E-state index in [9.17, 15) is 4.39 Å². The van der Waals surface area contributed by atoms with Gasteiger partial charge in [-0.15, -0.1) is 0 Å². The van der Waals surface area contributed by atoms with Gasteiger partial charge in [0, 0.05) is 5.70 Å². The number of allylic oxidation sites excluding steroid dienone is 2. The number of rotatable bonds is 5. The molecule has 1 aromatic carbocycles. The topological polar surface area (TPSA) is 35.9 Å². The maximum atomic E-state index is 12.8. The molecule has 4 heteroatoms. The van der Waals surface area contributed by atoms with Gasteiger partial charge in [0.15, 0.2) is 0 Å². The van der Waals surface area contributed by atoms with E-state index in [4.69, 9.17) is 5.41 Å². The van der Waals surface area contributed by atoms with Gasteiger partial charge in [-0.05, 0) is 48.2 Å². The van der Waals surface area contributed by atoms with Crippen LogP contribution in [0.3, 0.4) is 0 Å². The Morgan fingerprint density at radius 2 is 2.06 bits per heavy atom. The van der Waals surface area contributed by atoms with Crippen molar-refractivity contribution in [3.63, 3.8) is 0 Å². The lowest BCUT2D eigenvalue weighted by atomic mass is 10.0. The van der Waals surface area contributed by atoms with Gasteiger partial charge >= 0.3 is 0 Å². The summed E-state index contributed by atoms with van der Waals surface area (Å²) in [4.78, 5) is 0. The van der Waals surface area contributed by atoms with Crippen LogP contribution in [-0.4, -0.2) is 5.71 Å². The van der Waals surface area contributed by atoms with Crippen molar-refractivity contribution < 1.29 is 4.39 Å². The van der Waals surface area contributed by atoms with Gasteiger partial charge in [-0.2, -0.15) is 0 Å². The minimum absolute atomic E-state index is 0.278. The first-order valence-electron chi connectivity index (χ1n) is 5.51. The van der Waals surface area contributed by atoms with Gasteiger partial charge in [0.05, 0.1) is 28.6 Å². The Bertz CT molecular complexity index is 412. The minimum atomic E-state index is -0.278. The molecule has 0 aromatic heterocycles. The molecule has 1 unspecified atom stereocenters. The fourth-order valence-electron chi connectivity index (χ4n) is 1.35. The van der Waals surface area contributed by atoms with Gasteiger partial charge in [0.1, 0.15) is 5.82 Å². The lowest BCUT2D eigenvalue weighted by molar-refractivity contribution is 0.627. The van der Waals surface area contributed by atoms with E-state index in [-0.39, 0.29) is 5.82 Å². The van der Waals surface area contributed by atoms with Gasteiger partial charge in [0.2, 0.25) is 0 Å². The molecule has 1 aromatic rings. The van der Waals surface area contributed by atoms with E-state index in [0.717, 1.165) is 17.7 Å².